The molecule has 0 fully saturated rings. The molecular weight excluding hydrogens is 382 g/mol. The molecule has 0 spiro atoms. The summed E-state index contributed by atoms with van der Waals surface area (Å²) >= 11 is 3.51. The minimum Gasteiger partial charge on any atom is -0.496 e. The first kappa shape index (κ1) is 15.9. The number of carbonyl (C=O) groups excluding carboxylic acids is 1. The lowest BCUT2D eigenvalue weighted by Gasteiger charge is -2.25. The molecule has 1 amide bonds. The summed E-state index contributed by atoms with van der Waals surface area (Å²) in [6.07, 6.45) is 2.19. The van der Waals surface area contributed by atoms with Crippen LogP contribution in [0.25, 0.3) is 5.69 Å². The maximum atomic E-state index is 12.4. The summed E-state index contributed by atoms with van der Waals surface area (Å²) in [5.74, 6) is 1.35. The zero-order chi connectivity index (χ0) is 17.4. The number of benzene rings is 2. The van der Waals surface area contributed by atoms with Crippen LogP contribution in [0.5, 0.6) is 5.75 Å². The Bertz CT molecular complexity index is 937. The van der Waals surface area contributed by atoms with Crippen molar-refractivity contribution in [3.05, 3.63) is 70.3 Å². The van der Waals surface area contributed by atoms with E-state index in [4.69, 9.17) is 4.74 Å². The van der Waals surface area contributed by atoms with Crippen LogP contribution in [0.4, 0.5) is 5.82 Å². The number of ether oxygens (including phenoxy) is 1. The molecule has 0 unspecified atom stereocenters. The van der Waals surface area contributed by atoms with Gasteiger partial charge in [0.2, 0.25) is 5.91 Å². The Balaban J connectivity index is 1.86. The van der Waals surface area contributed by atoms with Gasteiger partial charge in [0, 0.05) is 27.9 Å². The molecule has 0 saturated carbocycles. The summed E-state index contributed by atoms with van der Waals surface area (Å²) in [5, 5.41) is 7.47. The molecule has 5 nitrogen and oxygen atoms in total. The fourth-order valence-corrected chi connectivity index (χ4v) is 3.62. The first-order chi connectivity index (χ1) is 12.2. The number of rotatable bonds is 3. The Kier molecular flexibility index (Phi) is 4.05. The number of para-hydroxylation sites is 1. The van der Waals surface area contributed by atoms with E-state index in [2.05, 4.69) is 26.3 Å². The topological polar surface area (TPSA) is 56.1 Å². The van der Waals surface area contributed by atoms with Gasteiger partial charge in [-0.15, -0.1) is 0 Å². The van der Waals surface area contributed by atoms with Crippen molar-refractivity contribution in [2.45, 2.75) is 12.3 Å². The molecule has 0 radical (unpaired) electrons. The van der Waals surface area contributed by atoms with Gasteiger partial charge in [-0.25, -0.2) is 4.68 Å². The maximum absolute atomic E-state index is 12.4. The molecule has 3 aromatic rings. The fraction of sp³-hybridized carbons (Fsp3) is 0.158. The number of anilines is 1. The summed E-state index contributed by atoms with van der Waals surface area (Å²) in [5.41, 5.74) is 2.87. The Morgan fingerprint density at radius 3 is 2.76 bits per heavy atom. The van der Waals surface area contributed by atoms with E-state index in [9.17, 15) is 4.79 Å². The van der Waals surface area contributed by atoms with Gasteiger partial charge in [-0.2, -0.15) is 5.10 Å². The van der Waals surface area contributed by atoms with Crippen molar-refractivity contribution in [2.75, 3.05) is 12.4 Å². The number of methoxy groups -OCH3 is 1. The van der Waals surface area contributed by atoms with E-state index in [1.807, 2.05) is 54.7 Å². The predicted octanol–water partition coefficient (Wildman–Crippen LogP) is 4.12. The van der Waals surface area contributed by atoms with Crippen LogP contribution in [0.3, 0.4) is 0 Å². The zero-order valence-electron chi connectivity index (χ0n) is 13.6. The van der Waals surface area contributed by atoms with Crippen molar-refractivity contribution in [1.29, 1.82) is 0 Å². The molecule has 1 aromatic heterocycles. The molecule has 2 aromatic carbocycles. The van der Waals surface area contributed by atoms with Crippen molar-refractivity contribution in [1.82, 2.24) is 9.78 Å². The van der Waals surface area contributed by atoms with Crippen molar-refractivity contribution in [3.8, 4) is 11.4 Å². The maximum Gasteiger partial charge on any atom is 0.226 e. The second kappa shape index (κ2) is 6.37. The first-order valence-corrected chi connectivity index (χ1v) is 8.73. The summed E-state index contributed by atoms with van der Waals surface area (Å²) in [4.78, 5) is 12.4. The highest BCUT2D eigenvalue weighted by Gasteiger charge is 2.32. The van der Waals surface area contributed by atoms with Crippen molar-refractivity contribution >= 4 is 27.7 Å². The quantitative estimate of drug-likeness (QED) is 0.722. The monoisotopic (exact) mass is 397 g/mol. The van der Waals surface area contributed by atoms with Gasteiger partial charge in [-0.05, 0) is 30.3 Å². The number of nitrogens with zero attached hydrogens (tertiary/aromatic N) is 2. The highest BCUT2D eigenvalue weighted by molar-refractivity contribution is 9.10. The van der Waals surface area contributed by atoms with Gasteiger partial charge in [0.15, 0.2) is 0 Å². The summed E-state index contributed by atoms with van der Waals surface area (Å²) in [7, 11) is 1.64. The van der Waals surface area contributed by atoms with Crippen LogP contribution in [0.1, 0.15) is 23.5 Å². The molecule has 126 valence electrons. The van der Waals surface area contributed by atoms with E-state index in [0.29, 0.717) is 6.42 Å². The van der Waals surface area contributed by atoms with Crippen molar-refractivity contribution < 1.29 is 9.53 Å². The highest BCUT2D eigenvalue weighted by Crippen LogP contribution is 2.42. The van der Waals surface area contributed by atoms with E-state index < -0.39 is 0 Å². The van der Waals surface area contributed by atoms with Gasteiger partial charge in [-0.1, -0.05) is 34.1 Å². The molecule has 2 heterocycles. The predicted molar refractivity (Wildman–Crippen MR) is 99.3 cm³/mol. The molecule has 1 aliphatic rings. The summed E-state index contributed by atoms with van der Waals surface area (Å²) < 4.78 is 8.23. The van der Waals surface area contributed by atoms with Crippen LogP contribution in [0, 0.1) is 0 Å². The SMILES string of the molecule is COc1ccc(Br)cc1[C@H]1CC(=O)Nc2c1cnn2-c1ccccc1. The average Bonchev–Trinajstić information content (AvgIpc) is 3.05. The number of aromatic nitrogens is 2. The van der Waals surface area contributed by atoms with Gasteiger partial charge in [0.25, 0.3) is 0 Å². The molecule has 1 aliphatic heterocycles. The number of amides is 1. The summed E-state index contributed by atoms with van der Waals surface area (Å²) in [6.45, 7) is 0. The van der Waals surface area contributed by atoms with E-state index in [1.165, 1.54) is 0 Å². The lowest BCUT2D eigenvalue weighted by atomic mass is 9.87. The fourth-order valence-electron chi connectivity index (χ4n) is 3.24. The number of fused-ring (bicyclic) bond motifs is 1. The minimum atomic E-state index is -0.103. The second-order valence-electron chi connectivity index (χ2n) is 5.89. The van der Waals surface area contributed by atoms with Gasteiger partial charge in [0.1, 0.15) is 11.6 Å². The third-order valence-electron chi connectivity index (χ3n) is 4.39. The second-order valence-corrected chi connectivity index (χ2v) is 6.80. The third kappa shape index (κ3) is 2.82. The molecule has 0 aliphatic carbocycles. The van der Waals surface area contributed by atoms with Crippen LogP contribution in [-0.2, 0) is 4.79 Å². The third-order valence-corrected chi connectivity index (χ3v) is 4.88. The first-order valence-electron chi connectivity index (χ1n) is 7.94. The molecule has 1 atom stereocenters. The minimum absolute atomic E-state index is 0.0304. The van der Waals surface area contributed by atoms with Crippen molar-refractivity contribution in [2.24, 2.45) is 0 Å². The standard InChI is InChI=1S/C19H16BrN3O2/c1-25-17-8-7-12(20)9-15(17)14-10-18(24)22-19-16(14)11-21-23(19)13-5-3-2-4-6-13/h2-9,11,14H,10H2,1H3,(H,22,24)/t14-/m1/s1. The Morgan fingerprint density at radius 2 is 2.00 bits per heavy atom. The van der Waals surface area contributed by atoms with Gasteiger partial charge >= 0.3 is 0 Å². The van der Waals surface area contributed by atoms with Gasteiger partial charge in [0.05, 0.1) is 19.0 Å². The number of halogens is 1. The molecule has 4 rings (SSSR count). The summed E-state index contributed by atoms with van der Waals surface area (Å²) in [6, 6.07) is 15.6. The van der Waals surface area contributed by atoms with E-state index >= 15 is 0 Å². The zero-order valence-corrected chi connectivity index (χ0v) is 15.2. The Labute approximate surface area is 153 Å². The molecule has 6 heteroatoms. The number of nitrogens with one attached hydrogen (secondary N) is 1. The molecule has 0 saturated heterocycles. The van der Waals surface area contributed by atoms with Crippen LogP contribution in [-0.4, -0.2) is 22.8 Å². The van der Waals surface area contributed by atoms with E-state index in [0.717, 1.165) is 32.9 Å². The van der Waals surface area contributed by atoms with Crippen LogP contribution in [0.2, 0.25) is 0 Å². The Hall–Kier alpha value is -2.60. The number of hydrogen-bond donors (Lipinski definition) is 1. The van der Waals surface area contributed by atoms with Crippen LogP contribution >= 0.6 is 15.9 Å². The molecule has 0 bridgehead atoms. The highest BCUT2D eigenvalue weighted by atomic mass is 79.9. The van der Waals surface area contributed by atoms with Gasteiger partial charge < -0.3 is 10.1 Å². The van der Waals surface area contributed by atoms with E-state index in [1.54, 1.807) is 11.8 Å². The largest absolute Gasteiger partial charge is 0.496 e. The smallest absolute Gasteiger partial charge is 0.226 e. The normalized spacial score (nSPS) is 16.2. The number of hydrogen-bond acceptors (Lipinski definition) is 3. The molecule has 25 heavy (non-hydrogen) atoms. The van der Waals surface area contributed by atoms with Crippen molar-refractivity contribution in [3.63, 3.8) is 0 Å². The average molecular weight is 398 g/mol. The molecular formula is C19H16BrN3O2. The lowest BCUT2D eigenvalue weighted by Crippen LogP contribution is -2.24. The van der Waals surface area contributed by atoms with Gasteiger partial charge in [-0.3, -0.25) is 4.79 Å². The number of carbonyl (C=O) groups is 1. The lowest BCUT2D eigenvalue weighted by molar-refractivity contribution is -0.116. The molecule has 1 N–H and O–H groups in total. The Morgan fingerprint density at radius 1 is 1.20 bits per heavy atom. The van der Waals surface area contributed by atoms with E-state index in [-0.39, 0.29) is 11.8 Å². The van der Waals surface area contributed by atoms with Crippen LogP contribution < -0.4 is 10.1 Å². The van der Waals surface area contributed by atoms with Crippen LogP contribution in [0.15, 0.2) is 59.2 Å².